The van der Waals surface area contributed by atoms with Gasteiger partial charge in [0.05, 0.1) is 53.0 Å². The molecule has 2 aromatic rings. The van der Waals surface area contributed by atoms with Crippen molar-refractivity contribution >= 4 is 17.4 Å². The Morgan fingerprint density at radius 1 is 1.03 bits per heavy atom. The predicted molar refractivity (Wildman–Crippen MR) is 117 cm³/mol. The highest BCUT2D eigenvalue weighted by Gasteiger charge is 2.46. The molecule has 2 aromatic carbocycles. The predicted octanol–water partition coefficient (Wildman–Crippen LogP) is 1.58. The van der Waals surface area contributed by atoms with Crippen LogP contribution in [-0.2, 0) is 9.59 Å². The molecule has 1 aliphatic heterocycles. The number of amides is 1. The van der Waals surface area contributed by atoms with Gasteiger partial charge in [-0.25, -0.2) is 0 Å². The molecule has 2 N–H and O–H groups in total. The monoisotopic (exact) mass is 425 g/mol. The second-order valence-corrected chi connectivity index (χ2v) is 7.93. The third-order valence-electron chi connectivity index (χ3n) is 5.44. The van der Waals surface area contributed by atoms with Crippen molar-refractivity contribution in [2.45, 2.75) is 13.0 Å². The molecule has 0 saturated carbocycles. The maximum Gasteiger partial charge on any atom is 0.295 e. The van der Waals surface area contributed by atoms with Crippen molar-refractivity contribution in [3.63, 3.8) is 0 Å². The summed E-state index contributed by atoms with van der Waals surface area (Å²) in [5.74, 6) is -0.460. The van der Waals surface area contributed by atoms with Crippen molar-refractivity contribution in [3.05, 3.63) is 64.7 Å². The van der Waals surface area contributed by atoms with Crippen LogP contribution in [0.4, 0.5) is 0 Å². The standard InChI is InChI=1S/C24H28N2O5/c1-15-6-8-16(9-7-15)22(27)20-21(17-10-11-18(30-4)19(14-17)31-5)26(13-12-25(2)3)24(29)23(20)28/h6-11,14,21,27H,12-13H2,1-5H3/p+1/b22-20+/t21-/m1/s1. The molecule has 0 unspecified atom stereocenters. The van der Waals surface area contributed by atoms with Crippen molar-refractivity contribution in [1.29, 1.82) is 0 Å². The van der Waals surface area contributed by atoms with Gasteiger partial charge >= 0.3 is 0 Å². The number of nitrogens with one attached hydrogen (secondary N) is 1. The molecule has 0 radical (unpaired) electrons. The van der Waals surface area contributed by atoms with Crippen LogP contribution in [0.5, 0.6) is 11.5 Å². The minimum atomic E-state index is -0.722. The van der Waals surface area contributed by atoms with Gasteiger partial charge in [-0.2, -0.15) is 0 Å². The minimum absolute atomic E-state index is 0.0785. The smallest absolute Gasteiger partial charge is 0.295 e. The Balaban J connectivity index is 2.18. The summed E-state index contributed by atoms with van der Waals surface area (Å²) in [6, 6.07) is 11.7. The van der Waals surface area contributed by atoms with Crippen LogP contribution < -0.4 is 14.4 Å². The van der Waals surface area contributed by atoms with Gasteiger partial charge in [-0.3, -0.25) is 9.59 Å². The molecule has 0 aromatic heterocycles. The lowest BCUT2D eigenvalue weighted by Crippen LogP contribution is -3.06. The fraction of sp³-hybridized carbons (Fsp3) is 0.333. The number of aryl methyl sites for hydroxylation is 1. The Labute approximate surface area is 182 Å². The summed E-state index contributed by atoms with van der Waals surface area (Å²) < 4.78 is 10.7. The highest BCUT2D eigenvalue weighted by atomic mass is 16.5. The number of ether oxygens (including phenoxy) is 2. The van der Waals surface area contributed by atoms with Crippen LogP contribution in [0.3, 0.4) is 0 Å². The molecule has 7 nitrogen and oxygen atoms in total. The normalized spacial score (nSPS) is 18.0. The number of nitrogens with zero attached hydrogens (tertiary/aromatic N) is 1. The Bertz CT molecular complexity index is 1010. The number of benzene rings is 2. The lowest BCUT2D eigenvalue weighted by Gasteiger charge is -2.26. The largest absolute Gasteiger partial charge is 0.507 e. The van der Waals surface area contributed by atoms with Gasteiger partial charge in [-0.05, 0) is 24.6 Å². The lowest BCUT2D eigenvalue weighted by molar-refractivity contribution is -0.857. The fourth-order valence-electron chi connectivity index (χ4n) is 3.69. The minimum Gasteiger partial charge on any atom is -0.507 e. The number of quaternary nitrogens is 1. The molecule has 1 aliphatic rings. The molecule has 1 heterocycles. The van der Waals surface area contributed by atoms with E-state index < -0.39 is 17.7 Å². The quantitative estimate of drug-likeness (QED) is 0.400. The molecule has 7 heteroatoms. The summed E-state index contributed by atoms with van der Waals surface area (Å²) in [5.41, 5.74) is 2.27. The molecule has 0 spiro atoms. The van der Waals surface area contributed by atoms with Crippen LogP contribution >= 0.6 is 0 Å². The van der Waals surface area contributed by atoms with E-state index in [4.69, 9.17) is 9.47 Å². The summed E-state index contributed by atoms with van der Waals surface area (Å²) in [5, 5.41) is 11.1. The van der Waals surface area contributed by atoms with Gasteiger partial charge in [0, 0.05) is 5.56 Å². The zero-order valence-electron chi connectivity index (χ0n) is 18.6. The van der Waals surface area contributed by atoms with Gasteiger partial charge < -0.3 is 24.4 Å². The number of aliphatic hydroxyl groups excluding tert-OH is 1. The molecular formula is C24H29N2O5+. The fourth-order valence-corrected chi connectivity index (χ4v) is 3.69. The number of Topliss-reactive ketones (excluding diaryl/α,β-unsaturated/α-hetero) is 1. The van der Waals surface area contributed by atoms with Crippen molar-refractivity contribution in [3.8, 4) is 11.5 Å². The van der Waals surface area contributed by atoms with Crippen LogP contribution in [0.1, 0.15) is 22.7 Å². The van der Waals surface area contributed by atoms with Gasteiger partial charge in [0.2, 0.25) is 0 Å². The summed E-state index contributed by atoms with van der Waals surface area (Å²) in [6.07, 6.45) is 0. The molecule has 31 heavy (non-hydrogen) atoms. The molecule has 3 rings (SSSR count). The van der Waals surface area contributed by atoms with Crippen LogP contribution in [0.15, 0.2) is 48.0 Å². The van der Waals surface area contributed by atoms with Gasteiger partial charge in [-0.1, -0.05) is 35.9 Å². The van der Waals surface area contributed by atoms with E-state index in [-0.39, 0.29) is 11.3 Å². The summed E-state index contributed by atoms with van der Waals surface area (Å²) >= 11 is 0. The topological polar surface area (TPSA) is 80.5 Å². The van der Waals surface area contributed by atoms with E-state index in [1.165, 1.54) is 12.0 Å². The molecule has 1 atom stereocenters. The second kappa shape index (κ2) is 9.22. The third kappa shape index (κ3) is 4.41. The number of rotatable bonds is 7. The van der Waals surface area contributed by atoms with Crippen LogP contribution in [0.2, 0.25) is 0 Å². The molecule has 164 valence electrons. The molecule has 0 aliphatic carbocycles. The van der Waals surface area contributed by atoms with Crippen molar-refractivity contribution in [1.82, 2.24) is 4.90 Å². The number of ketones is 1. The zero-order valence-corrected chi connectivity index (χ0v) is 18.6. The maximum absolute atomic E-state index is 13.0. The van der Waals surface area contributed by atoms with Gasteiger partial charge in [0.1, 0.15) is 5.76 Å². The molecule has 1 fully saturated rings. The van der Waals surface area contributed by atoms with Crippen molar-refractivity contribution in [2.75, 3.05) is 41.4 Å². The van der Waals surface area contributed by atoms with E-state index in [0.29, 0.717) is 35.7 Å². The Kier molecular flexibility index (Phi) is 6.65. The van der Waals surface area contributed by atoms with Gasteiger partial charge in [0.15, 0.2) is 11.5 Å². The number of aliphatic hydroxyl groups is 1. The van der Waals surface area contributed by atoms with Crippen LogP contribution in [0, 0.1) is 6.92 Å². The SMILES string of the molecule is COc1ccc([C@@H]2/C(=C(\O)c3ccc(C)cc3)C(=O)C(=O)N2CC[NH+](C)C)cc1OC. The van der Waals surface area contributed by atoms with Gasteiger partial charge in [0.25, 0.3) is 11.7 Å². The van der Waals surface area contributed by atoms with E-state index in [1.54, 1.807) is 37.4 Å². The number of methoxy groups -OCH3 is 2. The maximum atomic E-state index is 13.0. The number of carbonyl (C=O) groups excluding carboxylic acids is 2. The van der Waals surface area contributed by atoms with E-state index in [1.807, 2.05) is 33.2 Å². The first kappa shape index (κ1) is 22.4. The average molecular weight is 426 g/mol. The Hall–Kier alpha value is -3.32. The van der Waals surface area contributed by atoms with E-state index in [2.05, 4.69) is 0 Å². The first-order chi connectivity index (χ1) is 14.8. The first-order valence-corrected chi connectivity index (χ1v) is 10.1. The first-order valence-electron chi connectivity index (χ1n) is 10.1. The highest BCUT2D eigenvalue weighted by molar-refractivity contribution is 6.46. The average Bonchev–Trinajstić information content (AvgIpc) is 3.01. The number of likely N-dealkylation sites (tertiary alicyclic amines) is 1. The van der Waals surface area contributed by atoms with E-state index in [0.717, 1.165) is 10.5 Å². The summed E-state index contributed by atoms with van der Waals surface area (Å²) in [4.78, 5) is 28.6. The van der Waals surface area contributed by atoms with E-state index >= 15 is 0 Å². The summed E-state index contributed by atoms with van der Waals surface area (Å²) in [6.45, 7) is 2.97. The summed E-state index contributed by atoms with van der Waals surface area (Å²) in [7, 11) is 7.03. The number of likely N-dealkylation sites (N-methyl/N-ethyl adjacent to an activating group) is 1. The Morgan fingerprint density at radius 3 is 2.26 bits per heavy atom. The molecule has 1 amide bonds. The van der Waals surface area contributed by atoms with Crippen molar-refractivity contribution < 1.29 is 29.1 Å². The number of hydrogen-bond donors (Lipinski definition) is 2. The van der Waals surface area contributed by atoms with Crippen LogP contribution in [0.25, 0.3) is 5.76 Å². The Morgan fingerprint density at radius 2 is 1.68 bits per heavy atom. The van der Waals surface area contributed by atoms with Gasteiger partial charge in [-0.15, -0.1) is 0 Å². The molecule has 0 bridgehead atoms. The zero-order chi connectivity index (χ0) is 22.7. The number of hydrogen-bond acceptors (Lipinski definition) is 5. The lowest BCUT2D eigenvalue weighted by atomic mass is 9.94. The van der Waals surface area contributed by atoms with Crippen LogP contribution in [-0.4, -0.2) is 63.1 Å². The second-order valence-electron chi connectivity index (χ2n) is 7.93. The third-order valence-corrected chi connectivity index (χ3v) is 5.44. The molecular weight excluding hydrogens is 396 g/mol. The number of carbonyl (C=O) groups is 2. The molecule has 1 saturated heterocycles. The highest BCUT2D eigenvalue weighted by Crippen LogP contribution is 2.41. The van der Waals surface area contributed by atoms with Crippen molar-refractivity contribution in [2.24, 2.45) is 0 Å². The van der Waals surface area contributed by atoms with E-state index in [9.17, 15) is 14.7 Å².